The van der Waals surface area contributed by atoms with Crippen molar-refractivity contribution in [3.63, 3.8) is 0 Å². The quantitative estimate of drug-likeness (QED) is 0.678. The molecule has 0 radical (unpaired) electrons. The number of ether oxygens (including phenoxy) is 1. The van der Waals surface area contributed by atoms with Crippen LogP contribution in [0.1, 0.15) is 0 Å². The van der Waals surface area contributed by atoms with Gasteiger partial charge in [-0.05, 0) is 12.1 Å². The van der Waals surface area contributed by atoms with Crippen LogP contribution in [-0.4, -0.2) is 30.5 Å². The molecule has 2 heterocycles. The van der Waals surface area contributed by atoms with E-state index in [9.17, 15) is 8.42 Å². The molecule has 0 aliphatic rings. The van der Waals surface area contributed by atoms with Crippen molar-refractivity contribution >= 4 is 39.2 Å². The summed E-state index contributed by atoms with van der Waals surface area (Å²) in [5.74, 6) is -0.0683. The second-order valence-corrected chi connectivity index (χ2v) is 5.94. The number of hydrogen-bond acceptors (Lipinski definition) is 6. The lowest BCUT2D eigenvalue weighted by molar-refractivity contribution is 0.397. The van der Waals surface area contributed by atoms with E-state index in [1.807, 2.05) is 0 Å². The van der Waals surface area contributed by atoms with Gasteiger partial charge in [-0.25, -0.2) is 23.1 Å². The van der Waals surface area contributed by atoms with Crippen LogP contribution in [0.5, 0.6) is 5.88 Å². The maximum Gasteiger partial charge on any atom is 0.265 e. The predicted octanol–water partition coefficient (Wildman–Crippen LogP) is 1.99. The minimum Gasteiger partial charge on any atom is -0.481 e. The van der Waals surface area contributed by atoms with Crippen molar-refractivity contribution in [3.8, 4) is 5.88 Å². The Labute approximate surface area is 125 Å². The zero-order valence-corrected chi connectivity index (χ0v) is 12.4. The topological polar surface area (TPSA) is 94.1 Å². The minimum absolute atomic E-state index is 0.0452. The highest BCUT2D eigenvalue weighted by atomic mass is 35.5. The van der Waals surface area contributed by atoms with E-state index in [1.165, 1.54) is 25.3 Å². The van der Waals surface area contributed by atoms with Crippen LogP contribution >= 0.6 is 23.2 Å². The van der Waals surface area contributed by atoms with Gasteiger partial charge in [-0.2, -0.15) is 4.98 Å². The molecular weight excluding hydrogens is 327 g/mol. The summed E-state index contributed by atoms with van der Waals surface area (Å²) >= 11 is 11.3. The normalized spacial score (nSPS) is 11.2. The summed E-state index contributed by atoms with van der Waals surface area (Å²) in [4.78, 5) is 11.2. The third-order valence-electron chi connectivity index (χ3n) is 2.12. The molecule has 2 aromatic heterocycles. The highest BCUT2D eigenvalue weighted by Gasteiger charge is 2.17. The van der Waals surface area contributed by atoms with E-state index in [2.05, 4.69) is 19.7 Å². The van der Waals surface area contributed by atoms with Crippen molar-refractivity contribution < 1.29 is 13.2 Å². The first-order valence-corrected chi connectivity index (χ1v) is 7.37. The summed E-state index contributed by atoms with van der Waals surface area (Å²) in [6.45, 7) is 0. The molecule has 1 N–H and O–H groups in total. The fraction of sp³-hybridized carbons (Fsp3) is 0.100. The zero-order valence-electron chi connectivity index (χ0n) is 10.0. The summed E-state index contributed by atoms with van der Waals surface area (Å²) in [6.07, 6.45) is 1.12. The highest BCUT2D eigenvalue weighted by Crippen LogP contribution is 2.19. The van der Waals surface area contributed by atoms with Crippen LogP contribution in [0, 0.1) is 0 Å². The monoisotopic (exact) mass is 334 g/mol. The molecule has 0 fully saturated rings. The van der Waals surface area contributed by atoms with Gasteiger partial charge < -0.3 is 4.74 Å². The van der Waals surface area contributed by atoms with E-state index in [0.717, 1.165) is 6.20 Å². The highest BCUT2D eigenvalue weighted by molar-refractivity contribution is 7.92. The van der Waals surface area contributed by atoms with Crippen molar-refractivity contribution in [2.24, 2.45) is 0 Å². The third-order valence-corrected chi connectivity index (χ3v) is 3.85. The Kier molecular flexibility index (Phi) is 4.26. The molecule has 0 amide bonds. The molecule has 0 aromatic carbocycles. The standard InChI is InChI=1S/C10H8Cl2N4O3S/c1-19-9-4-8(12)14-10(15-9)16-20(17,18)6-2-3-7(11)13-5-6/h2-5H,1H3,(H,14,15,16). The molecule has 0 saturated heterocycles. The van der Waals surface area contributed by atoms with Gasteiger partial charge in [0.25, 0.3) is 10.0 Å². The molecule has 0 aliphatic heterocycles. The second kappa shape index (κ2) is 5.78. The molecule has 106 valence electrons. The van der Waals surface area contributed by atoms with E-state index >= 15 is 0 Å². The number of anilines is 1. The molecule has 0 spiro atoms. The molecule has 0 unspecified atom stereocenters. The Morgan fingerprint density at radius 2 is 1.95 bits per heavy atom. The summed E-state index contributed by atoms with van der Waals surface area (Å²) in [5, 5.41) is 0.230. The van der Waals surface area contributed by atoms with Crippen LogP contribution in [0.15, 0.2) is 29.3 Å². The third kappa shape index (κ3) is 3.47. The van der Waals surface area contributed by atoms with Crippen molar-refractivity contribution in [2.45, 2.75) is 4.90 Å². The van der Waals surface area contributed by atoms with Gasteiger partial charge in [0.15, 0.2) is 0 Å². The van der Waals surface area contributed by atoms with Gasteiger partial charge >= 0.3 is 0 Å². The summed E-state index contributed by atoms with van der Waals surface area (Å²) < 4.78 is 31.2. The van der Waals surface area contributed by atoms with Gasteiger partial charge in [0.2, 0.25) is 11.8 Å². The van der Waals surface area contributed by atoms with E-state index in [0.29, 0.717) is 0 Å². The predicted molar refractivity (Wildman–Crippen MR) is 73.6 cm³/mol. The van der Waals surface area contributed by atoms with E-state index in [-0.39, 0.29) is 27.0 Å². The van der Waals surface area contributed by atoms with Crippen molar-refractivity contribution in [1.29, 1.82) is 0 Å². The number of halogens is 2. The van der Waals surface area contributed by atoms with Gasteiger partial charge in [-0.3, -0.25) is 0 Å². The fourth-order valence-corrected chi connectivity index (χ4v) is 2.42. The Morgan fingerprint density at radius 3 is 2.55 bits per heavy atom. The largest absolute Gasteiger partial charge is 0.481 e. The van der Waals surface area contributed by atoms with Crippen LogP contribution in [0.3, 0.4) is 0 Å². The van der Waals surface area contributed by atoms with Crippen LogP contribution in [-0.2, 0) is 10.0 Å². The molecule has 0 bridgehead atoms. The SMILES string of the molecule is COc1cc(Cl)nc(NS(=O)(=O)c2ccc(Cl)nc2)n1. The smallest absolute Gasteiger partial charge is 0.265 e. The van der Waals surface area contributed by atoms with Gasteiger partial charge in [0.1, 0.15) is 15.2 Å². The minimum atomic E-state index is -3.88. The molecule has 0 aliphatic carbocycles. The summed E-state index contributed by atoms with van der Waals surface area (Å²) in [7, 11) is -2.51. The van der Waals surface area contributed by atoms with Crippen molar-refractivity contribution in [1.82, 2.24) is 15.0 Å². The molecule has 2 aromatic rings. The molecule has 20 heavy (non-hydrogen) atoms. The lowest BCUT2D eigenvalue weighted by Crippen LogP contribution is -2.15. The number of rotatable bonds is 4. The van der Waals surface area contributed by atoms with Crippen molar-refractivity contribution in [2.75, 3.05) is 11.8 Å². The molecule has 10 heteroatoms. The zero-order chi connectivity index (χ0) is 14.8. The first kappa shape index (κ1) is 14.8. The van der Waals surface area contributed by atoms with Crippen LogP contribution in [0.2, 0.25) is 10.3 Å². The Hall–Kier alpha value is -1.64. The number of hydrogen-bond donors (Lipinski definition) is 1. The Balaban J connectivity index is 2.33. The molecule has 7 nitrogen and oxygen atoms in total. The molecule has 2 rings (SSSR count). The number of aromatic nitrogens is 3. The van der Waals surface area contributed by atoms with Crippen molar-refractivity contribution in [3.05, 3.63) is 34.7 Å². The van der Waals surface area contributed by atoms with Crippen LogP contribution in [0.25, 0.3) is 0 Å². The lowest BCUT2D eigenvalue weighted by atomic mass is 10.5. The number of sulfonamides is 1. The first-order chi connectivity index (χ1) is 9.40. The number of nitrogens with one attached hydrogen (secondary N) is 1. The van der Waals surface area contributed by atoms with Gasteiger partial charge in [0.05, 0.1) is 7.11 Å². The lowest BCUT2D eigenvalue weighted by Gasteiger charge is -2.07. The van der Waals surface area contributed by atoms with Crippen LogP contribution in [0.4, 0.5) is 5.95 Å². The number of nitrogens with zero attached hydrogens (tertiary/aromatic N) is 3. The average molecular weight is 335 g/mol. The maximum absolute atomic E-state index is 12.1. The van der Waals surface area contributed by atoms with E-state index < -0.39 is 10.0 Å². The summed E-state index contributed by atoms with van der Waals surface area (Å²) in [6, 6.07) is 4.01. The number of pyridine rings is 1. The van der Waals surface area contributed by atoms with E-state index in [4.69, 9.17) is 27.9 Å². The average Bonchev–Trinajstić information content (AvgIpc) is 2.37. The van der Waals surface area contributed by atoms with Gasteiger partial charge in [0, 0.05) is 12.3 Å². The fourth-order valence-electron chi connectivity index (χ4n) is 1.25. The molecule has 0 atom stereocenters. The first-order valence-electron chi connectivity index (χ1n) is 5.13. The summed E-state index contributed by atoms with van der Waals surface area (Å²) in [5.41, 5.74) is 0. The van der Waals surface area contributed by atoms with Gasteiger partial charge in [-0.1, -0.05) is 23.2 Å². The number of methoxy groups -OCH3 is 1. The molecular formula is C10H8Cl2N4O3S. The maximum atomic E-state index is 12.1. The Morgan fingerprint density at radius 1 is 1.20 bits per heavy atom. The van der Waals surface area contributed by atoms with Gasteiger partial charge in [-0.15, -0.1) is 0 Å². The van der Waals surface area contributed by atoms with Crippen LogP contribution < -0.4 is 9.46 Å². The Bertz CT molecular complexity index is 722. The second-order valence-electron chi connectivity index (χ2n) is 3.48. The van der Waals surface area contributed by atoms with E-state index in [1.54, 1.807) is 0 Å². The molecule has 0 saturated carbocycles.